The Morgan fingerprint density at radius 2 is 2.00 bits per heavy atom. The summed E-state index contributed by atoms with van der Waals surface area (Å²) in [5.41, 5.74) is 5.52. The van der Waals surface area contributed by atoms with Gasteiger partial charge in [-0.15, -0.1) is 0 Å². The molecule has 0 aromatic rings. The average Bonchev–Trinajstić information content (AvgIpc) is 2.65. The lowest BCUT2D eigenvalue weighted by molar-refractivity contribution is -0.121. The van der Waals surface area contributed by atoms with Crippen molar-refractivity contribution in [3.8, 4) is 0 Å². The van der Waals surface area contributed by atoms with Crippen molar-refractivity contribution in [2.24, 2.45) is 5.73 Å². The number of likely N-dealkylation sites (N-methyl/N-ethyl adjacent to an activating group) is 1. The van der Waals surface area contributed by atoms with Gasteiger partial charge in [0.15, 0.2) is 0 Å². The first kappa shape index (κ1) is 12.5. The van der Waals surface area contributed by atoms with Crippen LogP contribution < -0.4 is 11.1 Å². The molecule has 0 saturated heterocycles. The van der Waals surface area contributed by atoms with E-state index in [0.29, 0.717) is 13.0 Å². The molecule has 1 aliphatic carbocycles. The lowest BCUT2D eigenvalue weighted by atomic mass is 9.96. The zero-order valence-electron chi connectivity index (χ0n) is 9.88. The van der Waals surface area contributed by atoms with Gasteiger partial charge in [-0.3, -0.25) is 4.79 Å². The number of hydrogen-bond donors (Lipinski definition) is 2. The Morgan fingerprint density at radius 1 is 1.40 bits per heavy atom. The summed E-state index contributed by atoms with van der Waals surface area (Å²) in [5, 5.41) is 2.99. The minimum absolute atomic E-state index is 0.0747. The van der Waals surface area contributed by atoms with E-state index in [4.69, 9.17) is 5.73 Å². The molecular formula is C11H23N3O. The third-order valence-electron chi connectivity index (χ3n) is 3.47. The van der Waals surface area contributed by atoms with Gasteiger partial charge in [0, 0.05) is 25.0 Å². The van der Waals surface area contributed by atoms with Gasteiger partial charge in [-0.2, -0.15) is 0 Å². The Kier molecular flexibility index (Phi) is 4.54. The molecule has 0 aliphatic heterocycles. The van der Waals surface area contributed by atoms with Crippen molar-refractivity contribution < 1.29 is 4.79 Å². The zero-order chi connectivity index (χ0) is 11.3. The average molecular weight is 213 g/mol. The van der Waals surface area contributed by atoms with Crippen LogP contribution in [0.5, 0.6) is 0 Å². The van der Waals surface area contributed by atoms with Crippen molar-refractivity contribution in [1.82, 2.24) is 10.2 Å². The van der Waals surface area contributed by atoms with Crippen LogP contribution in [0.4, 0.5) is 0 Å². The second kappa shape index (κ2) is 5.47. The highest BCUT2D eigenvalue weighted by molar-refractivity contribution is 5.76. The number of nitrogens with two attached hydrogens (primary N) is 1. The largest absolute Gasteiger partial charge is 0.354 e. The number of carbonyl (C=O) groups excluding carboxylic acids is 1. The molecule has 0 unspecified atom stereocenters. The van der Waals surface area contributed by atoms with E-state index in [9.17, 15) is 4.79 Å². The Morgan fingerprint density at radius 3 is 2.47 bits per heavy atom. The van der Waals surface area contributed by atoms with Crippen LogP contribution in [0.3, 0.4) is 0 Å². The first-order valence-electron chi connectivity index (χ1n) is 5.75. The van der Waals surface area contributed by atoms with Gasteiger partial charge in [0.2, 0.25) is 5.91 Å². The number of carbonyl (C=O) groups is 1. The van der Waals surface area contributed by atoms with E-state index < -0.39 is 0 Å². The quantitative estimate of drug-likeness (QED) is 0.692. The van der Waals surface area contributed by atoms with Crippen LogP contribution in [-0.4, -0.2) is 43.5 Å². The highest BCUT2D eigenvalue weighted by Gasteiger charge is 2.35. The monoisotopic (exact) mass is 213 g/mol. The van der Waals surface area contributed by atoms with Gasteiger partial charge in [-0.1, -0.05) is 12.8 Å². The van der Waals surface area contributed by atoms with Crippen molar-refractivity contribution in [1.29, 1.82) is 0 Å². The number of hydrogen-bond acceptors (Lipinski definition) is 3. The fourth-order valence-corrected chi connectivity index (χ4v) is 2.30. The summed E-state index contributed by atoms with van der Waals surface area (Å²) in [7, 11) is 4.20. The molecule has 4 heteroatoms. The first-order chi connectivity index (χ1) is 7.10. The Balaban J connectivity index is 2.42. The molecule has 0 atom stereocenters. The summed E-state index contributed by atoms with van der Waals surface area (Å²) in [5.74, 6) is 0.0747. The summed E-state index contributed by atoms with van der Waals surface area (Å²) in [6, 6.07) is 0. The molecule has 1 rings (SSSR count). The molecule has 1 fully saturated rings. The Labute approximate surface area is 92.2 Å². The number of nitrogens with one attached hydrogen (secondary N) is 1. The van der Waals surface area contributed by atoms with Crippen molar-refractivity contribution in [3.63, 3.8) is 0 Å². The van der Waals surface area contributed by atoms with Crippen LogP contribution in [0.25, 0.3) is 0 Å². The SMILES string of the molecule is CN(C)C1(CNC(=O)CCN)CCCC1. The van der Waals surface area contributed by atoms with Crippen LogP contribution in [0.2, 0.25) is 0 Å². The van der Waals surface area contributed by atoms with Gasteiger partial charge in [0.1, 0.15) is 0 Å². The second-order valence-corrected chi connectivity index (χ2v) is 4.64. The van der Waals surface area contributed by atoms with E-state index in [1.165, 1.54) is 25.7 Å². The molecule has 0 spiro atoms. The number of rotatable bonds is 5. The molecule has 3 N–H and O–H groups in total. The minimum atomic E-state index is 0.0747. The minimum Gasteiger partial charge on any atom is -0.354 e. The van der Waals surface area contributed by atoms with Crippen LogP contribution in [0, 0.1) is 0 Å². The van der Waals surface area contributed by atoms with E-state index in [2.05, 4.69) is 24.3 Å². The summed E-state index contributed by atoms with van der Waals surface area (Å²) in [6.07, 6.45) is 5.34. The summed E-state index contributed by atoms with van der Waals surface area (Å²) >= 11 is 0. The Hall–Kier alpha value is -0.610. The van der Waals surface area contributed by atoms with E-state index in [0.717, 1.165) is 6.54 Å². The lowest BCUT2D eigenvalue weighted by Gasteiger charge is -2.36. The maximum absolute atomic E-state index is 11.4. The maximum atomic E-state index is 11.4. The molecule has 15 heavy (non-hydrogen) atoms. The first-order valence-corrected chi connectivity index (χ1v) is 5.75. The molecule has 1 amide bonds. The van der Waals surface area contributed by atoms with Gasteiger partial charge >= 0.3 is 0 Å². The Bertz CT molecular complexity index is 210. The summed E-state index contributed by atoms with van der Waals surface area (Å²) in [4.78, 5) is 13.6. The van der Waals surface area contributed by atoms with Gasteiger partial charge in [-0.05, 0) is 26.9 Å². The smallest absolute Gasteiger partial charge is 0.221 e. The normalized spacial score (nSPS) is 19.5. The molecule has 0 radical (unpaired) electrons. The van der Waals surface area contributed by atoms with E-state index in [-0.39, 0.29) is 11.4 Å². The number of nitrogens with zero attached hydrogens (tertiary/aromatic N) is 1. The van der Waals surface area contributed by atoms with Crippen LogP contribution in [0.1, 0.15) is 32.1 Å². The third kappa shape index (κ3) is 3.18. The van der Waals surface area contributed by atoms with Gasteiger partial charge in [-0.25, -0.2) is 0 Å². The lowest BCUT2D eigenvalue weighted by Crippen LogP contribution is -2.50. The van der Waals surface area contributed by atoms with Crippen molar-refractivity contribution in [2.45, 2.75) is 37.6 Å². The fraction of sp³-hybridized carbons (Fsp3) is 0.909. The molecule has 1 saturated carbocycles. The topological polar surface area (TPSA) is 58.4 Å². The van der Waals surface area contributed by atoms with Gasteiger partial charge in [0.05, 0.1) is 0 Å². The standard InChI is InChI=1S/C11H23N3O/c1-14(2)11(6-3-4-7-11)9-13-10(15)5-8-12/h3-9,12H2,1-2H3,(H,13,15). The zero-order valence-corrected chi connectivity index (χ0v) is 9.88. The summed E-state index contributed by atoms with van der Waals surface area (Å²) in [6.45, 7) is 1.19. The van der Waals surface area contributed by atoms with E-state index >= 15 is 0 Å². The molecule has 0 aromatic carbocycles. The third-order valence-corrected chi connectivity index (χ3v) is 3.47. The van der Waals surface area contributed by atoms with E-state index in [1.807, 2.05) is 0 Å². The summed E-state index contributed by atoms with van der Waals surface area (Å²) < 4.78 is 0. The van der Waals surface area contributed by atoms with Crippen LogP contribution in [-0.2, 0) is 4.79 Å². The molecule has 0 bridgehead atoms. The molecule has 0 aromatic heterocycles. The molecule has 88 valence electrons. The van der Waals surface area contributed by atoms with Crippen molar-refractivity contribution >= 4 is 5.91 Å². The van der Waals surface area contributed by atoms with Crippen molar-refractivity contribution in [3.05, 3.63) is 0 Å². The second-order valence-electron chi connectivity index (χ2n) is 4.64. The number of amides is 1. The highest BCUT2D eigenvalue weighted by atomic mass is 16.1. The predicted octanol–water partition coefficient (Wildman–Crippen LogP) is 0.326. The van der Waals surface area contributed by atoms with E-state index in [1.54, 1.807) is 0 Å². The highest BCUT2D eigenvalue weighted by Crippen LogP contribution is 2.32. The van der Waals surface area contributed by atoms with Gasteiger partial charge in [0.25, 0.3) is 0 Å². The molecule has 4 nitrogen and oxygen atoms in total. The molecule has 0 heterocycles. The van der Waals surface area contributed by atoms with Crippen LogP contribution >= 0.6 is 0 Å². The molecule has 1 aliphatic rings. The predicted molar refractivity (Wildman–Crippen MR) is 61.6 cm³/mol. The fourth-order valence-electron chi connectivity index (χ4n) is 2.30. The van der Waals surface area contributed by atoms with Crippen molar-refractivity contribution in [2.75, 3.05) is 27.2 Å². The van der Waals surface area contributed by atoms with Gasteiger partial charge < -0.3 is 16.0 Å². The molecular weight excluding hydrogens is 190 g/mol. The maximum Gasteiger partial charge on any atom is 0.221 e. The van der Waals surface area contributed by atoms with Crippen LogP contribution in [0.15, 0.2) is 0 Å².